The van der Waals surface area contributed by atoms with Gasteiger partial charge in [-0.25, -0.2) is 15.0 Å². The highest BCUT2D eigenvalue weighted by Crippen LogP contribution is 2.28. The summed E-state index contributed by atoms with van der Waals surface area (Å²) >= 11 is 0. The predicted octanol–water partition coefficient (Wildman–Crippen LogP) is 3.37. The summed E-state index contributed by atoms with van der Waals surface area (Å²) in [4.78, 5) is 13.2. The Balaban J connectivity index is 2.07. The molecule has 0 aliphatic heterocycles. The summed E-state index contributed by atoms with van der Waals surface area (Å²) in [6, 6.07) is 5.76. The van der Waals surface area contributed by atoms with Gasteiger partial charge in [0.2, 0.25) is 0 Å². The van der Waals surface area contributed by atoms with E-state index in [1.165, 1.54) is 6.39 Å². The van der Waals surface area contributed by atoms with Crippen LogP contribution in [-0.2, 0) is 0 Å². The normalized spacial score (nSPS) is 12.7. The molecule has 6 nitrogen and oxygen atoms in total. The first-order chi connectivity index (χ1) is 11.1. The lowest BCUT2D eigenvalue weighted by Crippen LogP contribution is -2.17. The lowest BCUT2D eigenvalue weighted by atomic mass is 10.0. The standard InChI is InChI=1S/C17H21N5O/c1-10(2)6-13(18)17-21-14-5-4-11(15-8-20-9-23-15)7-12(14)16(19-3)22-17/h4-5,7-10,13H,6,18H2,1-3H3,(H,19,21,22). The number of nitrogens with one attached hydrogen (secondary N) is 1. The molecule has 0 aliphatic rings. The van der Waals surface area contributed by atoms with Gasteiger partial charge in [0.05, 0.1) is 17.8 Å². The minimum Gasteiger partial charge on any atom is -0.444 e. The zero-order valence-corrected chi connectivity index (χ0v) is 13.6. The van der Waals surface area contributed by atoms with Gasteiger partial charge in [-0.3, -0.25) is 0 Å². The van der Waals surface area contributed by atoms with Gasteiger partial charge in [0.1, 0.15) is 11.6 Å². The van der Waals surface area contributed by atoms with E-state index in [1.807, 2.05) is 25.2 Å². The molecule has 2 heterocycles. The van der Waals surface area contributed by atoms with Crippen molar-refractivity contribution in [2.75, 3.05) is 12.4 Å². The Morgan fingerprint density at radius 2 is 2.09 bits per heavy atom. The van der Waals surface area contributed by atoms with Crippen molar-refractivity contribution >= 4 is 16.7 Å². The highest BCUT2D eigenvalue weighted by atomic mass is 16.3. The minimum absolute atomic E-state index is 0.166. The molecule has 0 aliphatic carbocycles. The fourth-order valence-corrected chi connectivity index (χ4v) is 2.63. The molecule has 0 fully saturated rings. The van der Waals surface area contributed by atoms with Gasteiger partial charge >= 0.3 is 0 Å². The van der Waals surface area contributed by atoms with Crippen LogP contribution < -0.4 is 11.1 Å². The Hall–Kier alpha value is -2.47. The third-order valence-electron chi connectivity index (χ3n) is 3.72. The third-order valence-corrected chi connectivity index (χ3v) is 3.72. The van der Waals surface area contributed by atoms with Crippen LogP contribution in [0.5, 0.6) is 0 Å². The second-order valence-corrected chi connectivity index (χ2v) is 6.01. The van der Waals surface area contributed by atoms with Gasteiger partial charge in [-0.1, -0.05) is 13.8 Å². The van der Waals surface area contributed by atoms with E-state index in [0.717, 1.165) is 34.5 Å². The van der Waals surface area contributed by atoms with Crippen LogP contribution >= 0.6 is 0 Å². The molecule has 0 bridgehead atoms. The largest absolute Gasteiger partial charge is 0.444 e. The van der Waals surface area contributed by atoms with E-state index >= 15 is 0 Å². The molecule has 0 radical (unpaired) electrons. The molecule has 1 unspecified atom stereocenters. The van der Waals surface area contributed by atoms with Crippen LogP contribution in [0.1, 0.15) is 32.1 Å². The van der Waals surface area contributed by atoms with E-state index in [4.69, 9.17) is 10.2 Å². The number of oxazole rings is 1. The fourth-order valence-electron chi connectivity index (χ4n) is 2.63. The van der Waals surface area contributed by atoms with E-state index < -0.39 is 0 Å². The van der Waals surface area contributed by atoms with Crippen molar-refractivity contribution in [2.45, 2.75) is 26.3 Å². The van der Waals surface area contributed by atoms with Crippen LogP contribution in [0, 0.1) is 5.92 Å². The first-order valence-corrected chi connectivity index (χ1v) is 7.72. The van der Waals surface area contributed by atoms with E-state index in [0.29, 0.717) is 11.7 Å². The number of fused-ring (bicyclic) bond motifs is 1. The molecular formula is C17H21N5O. The zero-order chi connectivity index (χ0) is 16.4. The monoisotopic (exact) mass is 311 g/mol. The highest BCUT2D eigenvalue weighted by Gasteiger charge is 2.15. The molecule has 0 saturated carbocycles. The van der Waals surface area contributed by atoms with E-state index in [-0.39, 0.29) is 6.04 Å². The molecule has 0 amide bonds. The smallest absolute Gasteiger partial charge is 0.181 e. The number of aromatic nitrogens is 3. The summed E-state index contributed by atoms with van der Waals surface area (Å²) in [6.07, 6.45) is 3.96. The van der Waals surface area contributed by atoms with Crippen molar-refractivity contribution < 1.29 is 4.42 Å². The van der Waals surface area contributed by atoms with Crippen LogP contribution in [0.4, 0.5) is 5.82 Å². The van der Waals surface area contributed by atoms with Gasteiger partial charge in [-0.15, -0.1) is 0 Å². The molecule has 1 atom stereocenters. The predicted molar refractivity (Wildman–Crippen MR) is 91.0 cm³/mol. The van der Waals surface area contributed by atoms with Crippen molar-refractivity contribution in [1.29, 1.82) is 0 Å². The van der Waals surface area contributed by atoms with Crippen LogP contribution in [0.3, 0.4) is 0 Å². The first kappa shape index (κ1) is 15.4. The van der Waals surface area contributed by atoms with E-state index in [2.05, 4.69) is 34.1 Å². The number of hydrogen-bond donors (Lipinski definition) is 2. The summed E-state index contributed by atoms with van der Waals surface area (Å²) in [5, 5.41) is 4.07. The quantitative estimate of drug-likeness (QED) is 0.751. The average Bonchev–Trinajstić information content (AvgIpc) is 3.07. The summed E-state index contributed by atoms with van der Waals surface area (Å²) in [7, 11) is 1.85. The second kappa shape index (κ2) is 6.34. The molecular weight excluding hydrogens is 290 g/mol. The van der Waals surface area contributed by atoms with Gasteiger partial charge in [0.15, 0.2) is 12.2 Å². The Labute approximate surface area is 135 Å². The van der Waals surface area contributed by atoms with Gasteiger partial charge in [0, 0.05) is 18.0 Å². The molecule has 3 rings (SSSR count). The zero-order valence-electron chi connectivity index (χ0n) is 13.6. The van der Waals surface area contributed by atoms with Crippen LogP contribution in [-0.4, -0.2) is 22.0 Å². The third kappa shape index (κ3) is 3.17. The molecule has 3 N–H and O–H groups in total. The number of hydrogen-bond acceptors (Lipinski definition) is 6. The topological polar surface area (TPSA) is 89.9 Å². The number of nitrogens with zero attached hydrogens (tertiary/aromatic N) is 3. The molecule has 3 aromatic rings. The average molecular weight is 311 g/mol. The Morgan fingerprint density at radius 3 is 2.74 bits per heavy atom. The summed E-state index contributed by atoms with van der Waals surface area (Å²) < 4.78 is 5.36. The first-order valence-electron chi connectivity index (χ1n) is 7.72. The SMILES string of the molecule is CNc1nc(C(N)CC(C)C)nc2ccc(-c3cnco3)cc12. The summed E-state index contributed by atoms with van der Waals surface area (Å²) in [5.74, 6) is 2.65. The summed E-state index contributed by atoms with van der Waals surface area (Å²) in [6.45, 7) is 4.28. The van der Waals surface area contributed by atoms with Gasteiger partial charge in [-0.2, -0.15) is 0 Å². The van der Waals surface area contributed by atoms with Gasteiger partial charge < -0.3 is 15.5 Å². The van der Waals surface area contributed by atoms with Crippen LogP contribution in [0.15, 0.2) is 35.2 Å². The van der Waals surface area contributed by atoms with Gasteiger partial charge in [0.25, 0.3) is 0 Å². The molecule has 23 heavy (non-hydrogen) atoms. The Bertz CT molecular complexity index is 798. The van der Waals surface area contributed by atoms with Crippen molar-refractivity contribution in [3.63, 3.8) is 0 Å². The number of benzene rings is 1. The van der Waals surface area contributed by atoms with Crippen LogP contribution in [0.2, 0.25) is 0 Å². The van der Waals surface area contributed by atoms with Crippen molar-refractivity contribution in [3.05, 3.63) is 36.6 Å². The van der Waals surface area contributed by atoms with Crippen molar-refractivity contribution in [3.8, 4) is 11.3 Å². The van der Waals surface area contributed by atoms with E-state index in [9.17, 15) is 0 Å². The minimum atomic E-state index is -0.166. The number of nitrogens with two attached hydrogens (primary N) is 1. The molecule has 120 valence electrons. The lowest BCUT2D eigenvalue weighted by molar-refractivity contribution is 0.494. The number of anilines is 1. The maximum atomic E-state index is 6.24. The molecule has 0 saturated heterocycles. The number of rotatable bonds is 5. The maximum Gasteiger partial charge on any atom is 0.181 e. The molecule has 1 aromatic carbocycles. The Kier molecular flexibility index (Phi) is 4.25. The maximum absolute atomic E-state index is 6.24. The molecule has 2 aromatic heterocycles. The second-order valence-electron chi connectivity index (χ2n) is 6.01. The molecule has 0 spiro atoms. The van der Waals surface area contributed by atoms with Crippen molar-refractivity contribution in [1.82, 2.24) is 15.0 Å². The molecule has 6 heteroatoms. The highest BCUT2D eigenvalue weighted by molar-refractivity contribution is 5.92. The lowest BCUT2D eigenvalue weighted by Gasteiger charge is -2.15. The Morgan fingerprint density at radius 1 is 1.26 bits per heavy atom. The van der Waals surface area contributed by atoms with E-state index in [1.54, 1.807) is 6.20 Å². The van der Waals surface area contributed by atoms with Crippen molar-refractivity contribution in [2.24, 2.45) is 11.7 Å². The van der Waals surface area contributed by atoms with Gasteiger partial charge in [-0.05, 0) is 30.5 Å². The van der Waals surface area contributed by atoms with Crippen LogP contribution in [0.25, 0.3) is 22.2 Å². The summed E-state index contributed by atoms with van der Waals surface area (Å²) in [5.41, 5.74) is 8.04. The fraction of sp³-hybridized carbons (Fsp3) is 0.353.